The normalized spacial score (nSPS) is 11.6. The third-order valence-corrected chi connectivity index (χ3v) is 5.93. The second-order valence-corrected chi connectivity index (χ2v) is 6.88. The predicted octanol–water partition coefficient (Wildman–Crippen LogP) is 4.47. The topological polar surface area (TPSA) is 35.6 Å². The van der Waals surface area contributed by atoms with Crippen molar-refractivity contribution >= 4 is 38.4 Å². The average Bonchev–Trinajstić information content (AvgIpc) is 2.99. The first-order valence-corrected chi connectivity index (χ1v) is 8.28. The van der Waals surface area contributed by atoms with E-state index in [1.54, 1.807) is 11.0 Å². The zero-order valence-electron chi connectivity index (χ0n) is 13.3. The molecule has 6 heteroatoms. The molecule has 0 unspecified atom stereocenters. The standard InChI is InChI=1S/C16H18BrClN4/c1-8-9(2)11(4)15-13(10(8)3)14(18)16(17)22(15)6-12-19-7-21(5)20-12/h7H,6H2,1-5H3. The van der Waals surface area contributed by atoms with Crippen molar-refractivity contribution in [2.75, 3.05) is 0 Å². The Balaban J connectivity index is 2.33. The number of hydrogen-bond acceptors (Lipinski definition) is 2. The van der Waals surface area contributed by atoms with E-state index in [4.69, 9.17) is 11.6 Å². The summed E-state index contributed by atoms with van der Waals surface area (Å²) in [6, 6.07) is 0. The number of aromatic nitrogens is 4. The Bertz CT molecular complexity index is 892. The van der Waals surface area contributed by atoms with Crippen LogP contribution in [-0.4, -0.2) is 19.3 Å². The van der Waals surface area contributed by atoms with Gasteiger partial charge in [0.1, 0.15) is 10.9 Å². The molecule has 3 rings (SSSR count). The number of rotatable bonds is 2. The molecule has 1 aromatic carbocycles. The van der Waals surface area contributed by atoms with Crippen molar-refractivity contribution in [3.8, 4) is 0 Å². The summed E-state index contributed by atoms with van der Waals surface area (Å²) in [5.41, 5.74) is 6.25. The highest BCUT2D eigenvalue weighted by Crippen LogP contribution is 2.40. The molecule has 0 saturated heterocycles. The summed E-state index contributed by atoms with van der Waals surface area (Å²) in [5, 5.41) is 6.25. The summed E-state index contributed by atoms with van der Waals surface area (Å²) in [6.45, 7) is 9.18. The molecule has 0 radical (unpaired) electrons. The minimum atomic E-state index is 0.591. The first kappa shape index (κ1) is 15.6. The van der Waals surface area contributed by atoms with Crippen LogP contribution in [0.25, 0.3) is 10.9 Å². The fraction of sp³-hybridized carbons (Fsp3) is 0.375. The van der Waals surface area contributed by atoms with Gasteiger partial charge in [-0.15, -0.1) is 0 Å². The molecule has 0 fully saturated rings. The van der Waals surface area contributed by atoms with E-state index < -0.39 is 0 Å². The molecule has 0 bridgehead atoms. The molecule has 0 atom stereocenters. The molecule has 0 aliphatic carbocycles. The number of benzene rings is 1. The lowest BCUT2D eigenvalue weighted by atomic mass is 9.95. The van der Waals surface area contributed by atoms with Crippen LogP contribution < -0.4 is 0 Å². The highest BCUT2D eigenvalue weighted by atomic mass is 79.9. The van der Waals surface area contributed by atoms with Crippen LogP contribution in [0.1, 0.15) is 28.1 Å². The molecule has 116 valence electrons. The van der Waals surface area contributed by atoms with Gasteiger partial charge in [-0.2, -0.15) is 5.10 Å². The molecule has 2 heterocycles. The smallest absolute Gasteiger partial charge is 0.170 e. The van der Waals surface area contributed by atoms with E-state index >= 15 is 0 Å². The molecule has 0 saturated carbocycles. The van der Waals surface area contributed by atoms with Crippen LogP contribution in [-0.2, 0) is 13.6 Å². The van der Waals surface area contributed by atoms with E-state index in [9.17, 15) is 0 Å². The highest BCUT2D eigenvalue weighted by molar-refractivity contribution is 9.10. The molecular weight excluding hydrogens is 364 g/mol. The van der Waals surface area contributed by atoms with E-state index in [1.165, 1.54) is 22.3 Å². The number of aryl methyl sites for hydroxylation is 3. The molecule has 0 N–H and O–H groups in total. The quantitative estimate of drug-likeness (QED) is 0.656. The predicted molar refractivity (Wildman–Crippen MR) is 93.7 cm³/mol. The second-order valence-electron chi connectivity index (χ2n) is 5.75. The Hall–Kier alpha value is -1.33. The van der Waals surface area contributed by atoms with Gasteiger partial charge in [0.05, 0.1) is 17.1 Å². The fourth-order valence-corrected chi connectivity index (χ4v) is 3.80. The molecule has 3 aromatic rings. The van der Waals surface area contributed by atoms with Gasteiger partial charge in [0, 0.05) is 12.4 Å². The van der Waals surface area contributed by atoms with Crippen molar-refractivity contribution in [3.63, 3.8) is 0 Å². The summed E-state index contributed by atoms with van der Waals surface area (Å²) < 4.78 is 4.75. The van der Waals surface area contributed by atoms with Gasteiger partial charge in [-0.25, -0.2) is 4.98 Å². The SMILES string of the molecule is Cc1c(C)c(C)c2c(c1C)c(Cl)c(Br)n2Cc1ncn(C)n1. The molecule has 2 aromatic heterocycles. The maximum atomic E-state index is 6.61. The Morgan fingerprint density at radius 1 is 1.09 bits per heavy atom. The summed E-state index contributed by atoms with van der Waals surface area (Å²) in [7, 11) is 1.87. The first-order chi connectivity index (χ1) is 10.3. The van der Waals surface area contributed by atoms with Gasteiger partial charge >= 0.3 is 0 Å². The van der Waals surface area contributed by atoms with Crippen LogP contribution in [0, 0.1) is 27.7 Å². The minimum Gasteiger partial charge on any atom is -0.326 e. The van der Waals surface area contributed by atoms with Crippen LogP contribution in [0.2, 0.25) is 5.02 Å². The summed E-state index contributed by atoms with van der Waals surface area (Å²) >= 11 is 10.2. The van der Waals surface area contributed by atoms with Gasteiger partial charge in [0.15, 0.2) is 5.82 Å². The maximum absolute atomic E-state index is 6.61. The van der Waals surface area contributed by atoms with Gasteiger partial charge in [0.2, 0.25) is 0 Å². The number of nitrogens with zero attached hydrogens (tertiary/aromatic N) is 4. The average molecular weight is 382 g/mol. The van der Waals surface area contributed by atoms with Crippen molar-refractivity contribution < 1.29 is 0 Å². The van der Waals surface area contributed by atoms with Gasteiger partial charge in [-0.05, 0) is 65.9 Å². The van der Waals surface area contributed by atoms with Crippen molar-refractivity contribution in [1.82, 2.24) is 19.3 Å². The Kier molecular flexibility index (Phi) is 3.81. The number of hydrogen-bond donors (Lipinski definition) is 0. The molecule has 22 heavy (non-hydrogen) atoms. The second kappa shape index (κ2) is 5.39. The van der Waals surface area contributed by atoms with E-state index in [2.05, 4.69) is 58.3 Å². The number of halogens is 2. The zero-order chi connectivity index (χ0) is 16.2. The van der Waals surface area contributed by atoms with Gasteiger partial charge in [-0.1, -0.05) is 11.6 Å². The molecule has 0 spiro atoms. The monoisotopic (exact) mass is 380 g/mol. The van der Waals surface area contributed by atoms with Crippen LogP contribution in [0.4, 0.5) is 0 Å². The Morgan fingerprint density at radius 2 is 1.73 bits per heavy atom. The van der Waals surface area contributed by atoms with Crippen molar-refractivity contribution in [1.29, 1.82) is 0 Å². The first-order valence-electron chi connectivity index (χ1n) is 7.11. The minimum absolute atomic E-state index is 0.591. The van der Waals surface area contributed by atoms with E-state index in [0.717, 1.165) is 26.4 Å². The van der Waals surface area contributed by atoms with E-state index in [0.29, 0.717) is 6.54 Å². The van der Waals surface area contributed by atoms with Gasteiger partial charge in [0.25, 0.3) is 0 Å². The van der Waals surface area contributed by atoms with E-state index in [1.807, 2.05) is 7.05 Å². The molecule has 4 nitrogen and oxygen atoms in total. The van der Waals surface area contributed by atoms with Crippen molar-refractivity contribution in [2.45, 2.75) is 34.2 Å². The summed E-state index contributed by atoms with van der Waals surface area (Å²) in [5.74, 6) is 0.770. The van der Waals surface area contributed by atoms with Gasteiger partial charge < -0.3 is 4.57 Å². The Morgan fingerprint density at radius 3 is 2.32 bits per heavy atom. The molecule has 0 amide bonds. The summed E-state index contributed by atoms with van der Waals surface area (Å²) in [6.07, 6.45) is 1.71. The zero-order valence-corrected chi connectivity index (χ0v) is 15.7. The maximum Gasteiger partial charge on any atom is 0.170 e. The van der Waals surface area contributed by atoms with Crippen LogP contribution in [0.3, 0.4) is 0 Å². The molecule has 0 aliphatic rings. The number of fused-ring (bicyclic) bond motifs is 1. The van der Waals surface area contributed by atoms with Gasteiger partial charge in [-0.3, -0.25) is 4.68 Å². The van der Waals surface area contributed by atoms with E-state index in [-0.39, 0.29) is 0 Å². The lowest BCUT2D eigenvalue weighted by molar-refractivity contribution is 0.707. The third-order valence-electron chi connectivity index (χ3n) is 4.51. The fourth-order valence-electron chi connectivity index (χ4n) is 2.96. The van der Waals surface area contributed by atoms with Crippen LogP contribution in [0.15, 0.2) is 10.9 Å². The van der Waals surface area contributed by atoms with Crippen LogP contribution >= 0.6 is 27.5 Å². The highest BCUT2D eigenvalue weighted by Gasteiger charge is 2.21. The molecular formula is C16H18BrClN4. The summed E-state index contributed by atoms with van der Waals surface area (Å²) in [4.78, 5) is 4.33. The molecule has 0 aliphatic heterocycles. The lowest BCUT2D eigenvalue weighted by Gasteiger charge is -2.14. The largest absolute Gasteiger partial charge is 0.326 e. The third kappa shape index (κ3) is 2.18. The Labute approximate surface area is 143 Å². The lowest BCUT2D eigenvalue weighted by Crippen LogP contribution is -2.05. The van der Waals surface area contributed by atoms with Crippen molar-refractivity contribution in [3.05, 3.63) is 44.0 Å². The van der Waals surface area contributed by atoms with Crippen molar-refractivity contribution in [2.24, 2.45) is 7.05 Å². The van der Waals surface area contributed by atoms with Crippen LogP contribution in [0.5, 0.6) is 0 Å².